The molecule has 0 bridgehead atoms. The first-order valence-corrected chi connectivity index (χ1v) is 9.98. The second-order valence-electron chi connectivity index (χ2n) is 5.26. The van der Waals surface area contributed by atoms with Crippen LogP contribution in [0.4, 0.5) is 0 Å². The minimum atomic E-state index is -2.85. The minimum absolute atomic E-state index is 0.0301. The molecule has 1 aromatic heterocycles. The molecule has 2 heterocycles. The molecular formula is C15H16ClNO3S2. The van der Waals surface area contributed by atoms with E-state index in [0.717, 1.165) is 15.7 Å². The van der Waals surface area contributed by atoms with Crippen LogP contribution in [0.2, 0.25) is 5.02 Å². The van der Waals surface area contributed by atoms with Crippen LogP contribution < -0.4 is 5.32 Å². The van der Waals surface area contributed by atoms with Gasteiger partial charge in [-0.3, -0.25) is 0 Å². The zero-order valence-corrected chi connectivity index (χ0v) is 14.2. The average molecular weight is 358 g/mol. The van der Waals surface area contributed by atoms with Crippen molar-refractivity contribution in [3.05, 3.63) is 47.2 Å². The lowest BCUT2D eigenvalue weighted by molar-refractivity contribution is 0.404. The number of rotatable bonds is 5. The molecule has 2 aromatic rings. The quantitative estimate of drug-likeness (QED) is 0.889. The molecule has 1 aliphatic heterocycles. The number of hydrogen-bond acceptors (Lipinski definition) is 5. The Morgan fingerprint density at radius 3 is 2.68 bits per heavy atom. The van der Waals surface area contributed by atoms with Crippen molar-refractivity contribution >= 4 is 33.2 Å². The number of nitrogens with one attached hydrogen (secondary N) is 1. The fourth-order valence-electron chi connectivity index (χ4n) is 2.33. The van der Waals surface area contributed by atoms with Gasteiger partial charge in [0.2, 0.25) is 0 Å². The van der Waals surface area contributed by atoms with Crippen LogP contribution in [-0.2, 0) is 16.4 Å². The molecule has 0 spiro atoms. The van der Waals surface area contributed by atoms with Gasteiger partial charge in [0.25, 0.3) is 0 Å². The summed E-state index contributed by atoms with van der Waals surface area (Å²) in [5.74, 6) is 1.31. The minimum Gasteiger partial charge on any atom is -0.453 e. The number of sulfone groups is 1. The van der Waals surface area contributed by atoms with E-state index in [1.807, 2.05) is 36.4 Å². The van der Waals surface area contributed by atoms with Gasteiger partial charge in [0.15, 0.2) is 14.9 Å². The van der Waals surface area contributed by atoms with Gasteiger partial charge in [-0.2, -0.15) is 0 Å². The second kappa shape index (κ2) is 6.66. The van der Waals surface area contributed by atoms with E-state index in [1.54, 1.807) is 0 Å². The van der Waals surface area contributed by atoms with Crippen molar-refractivity contribution in [3.63, 3.8) is 0 Å². The summed E-state index contributed by atoms with van der Waals surface area (Å²) < 4.78 is 28.6. The summed E-state index contributed by atoms with van der Waals surface area (Å²) in [7, 11) is -2.85. The van der Waals surface area contributed by atoms with E-state index >= 15 is 0 Å². The Kier molecular flexibility index (Phi) is 4.82. The third kappa shape index (κ3) is 4.29. The molecule has 0 radical (unpaired) electrons. The molecule has 4 nitrogen and oxygen atoms in total. The fourth-order valence-corrected chi connectivity index (χ4v) is 4.95. The maximum atomic E-state index is 11.4. The molecule has 0 amide bonds. The number of hydrogen-bond donors (Lipinski definition) is 1. The monoisotopic (exact) mass is 357 g/mol. The van der Waals surface area contributed by atoms with Crippen molar-refractivity contribution < 1.29 is 12.8 Å². The van der Waals surface area contributed by atoms with Gasteiger partial charge in [-0.15, -0.1) is 0 Å². The van der Waals surface area contributed by atoms with Crippen molar-refractivity contribution in [2.45, 2.75) is 29.0 Å². The third-order valence-electron chi connectivity index (χ3n) is 3.47. The lowest BCUT2D eigenvalue weighted by Crippen LogP contribution is -2.29. The molecule has 7 heteroatoms. The van der Waals surface area contributed by atoms with Gasteiger partial charge >= 0.3 is 0 Å². The highest BCUT2D eigenvalue weighted by molar-refractivity contribution is 7.99. The van der Waals surface area contributed by atoms with E-state index in [9.17, 15) is 8.42 Å². The van der Waals surface area contributed by atoms with Crippen LogP contribution in [0.15, 0.2) is 50.8 Å². The SMILES string of the molecule is O=S1(=O)CCC(NCc2ccc(Sc3ccc(Cl)cc3)o2)C1. The van der Waals surface area contributed by atoms with Crippen molar-refractivity contribution in [2.75, 3.05) is 11.5 Å². The molecule has 1 unspecified atom stereocenters. The predicted octanol–water partition coefficient (Wildman–Crippen LogP) is 3.36. The lowest BCUT2D eigenvalue weighted by atomic mass is 10.2. The van der Waals surface area contributed by atoms with Gasteiger partial charge in [-0.25, -0.2) is 8.42 Å². The molecule has 1 atom stereocenters. The highest BCUT2D eigenvalue weighted by Gasteiger charge is 2.27. The summed E-state index contributed by atoms with van der Waals surface area (Å²) in [5, 5.41) is 4.75. The summed E-state index contributed by atoms with van der Waals surface area (Å²) in [5.41, 5.74) is 0. The third-order valence-corrected chi connectivity index (χ3v) is 6.41. The van der Waals surface area contributed by atoms with Crippen LogP contribution in [0, 0.1) is 0 Å². The molecule has 3 rings (SSSR count). The van der Waals surface area contributed by atoms with Crippen molar-refractivity contribution in [1.82, 2.24) is 5.32 Å². The van der Waals surface area contributed by atoms with Gasteiger partial charge < -0.3 is 9.73 Å². The largest absolute Gasteiger partial charge is 0.453 e. The summed E-state index contributed by atoms with van der Waals surface area (Å²) in [6.45, 7) is 0.543. The van der Waals surface area contributed by atoms with Gasteiger partial charge in [0, 0.05) is 16.0 Å². The molecule has 1 fully saturated rings. The van der Waals surface area contributed by atoms with Crippen molar-refractivity contribution in [2.24, 2.45) is 0 Å². The molecule has 1 aliphatic rings. The summed E-state index contributed by atoms with van der Waals surface area (Å²) in [6, 6.07) is 11.4. The van der Waals surface area contributed by atoms with Gasteiger partial charge in [-0.05, 0) is 42.8 Å². The normalized spacial score (nSPS) is 20.3. The molecule has 22 heavy (non-hydrogen) atoms. The number of furan rings is 1. The first kappa shape index (κ1) is 15.9. The summed E-state index contributed by atoms with van der Waals surface area (Å²) in [4.78, 5) is 1.06. The standard InChI is InChI=1S/C15H16ClNO3S2/c16-11-1-4-14(5-2-11)21-15-6-3-13(20-15)9-17-12-7-8-22(18,19)10-12/h1-6,12,17H,7-10H2. The highest BCUT2D eigenvalue weighted by Crippen LogP contribution is 2.30. The van der Waals surface area contributed by atoms with Crippen LogP contribution in [0.1, 0.15) is 12.2 Å². The van der Waals surface area contributed by atoms with Crippen LogP contribution in [0.5, 0.6) is 0 Å². The van der Waals surface area contributed by atoms with Crippen molar-refractivity contribution in [1.29, 1.82) is 0 Å². The number of benzene rings is 1. The smallest absolute Gasteiger partial charge is 0.165 e. The summed E-state index contributed by atoms with van der Waals surface area (Å²) in [6.07, 6.45) is 0.676. The Labute approximate surface area is 139 Å². The molecule has 1 saturated heterocycles. The summed E-state index contributed by atoms with van der Waals surface area (Å²) >= 11 is 7.38. The van der Waals surface area contributed by atoms with E-state index in [-0.39, 0.29) is 17.5 Å². The Morgan fingerprint density at radius 2 is 2.00 bits per heavy atom. The average Bonchev–Trinajstić information content (AvgIpc) is 3.05. The van der Waals surface area contributed by atoms with E-state index in [2.05, 4.69) is 5.32 Å². The molecular weight excluding hydrogens is 342 g/mol. The lowest BCUT2D eigenvalue weighted by Gasteiger charge is -2.08. The predicted molar refractivity (Wildman–Crippen MR) is 88.2 cm³/mol. The Morgan fingerprint density at radius 1 is 1.23 bits per heavy atom. The number of halogens is 1. The zero-order valence-electron chi connectivity index (χ0n) is 11.8. The molecule has 1 aromatic carbocycles. The Hall–Kier alpha value is -0.950. The van der Waals surface area contributed by atoms with Gasteiger partial charge in [-0.1, -0.05) is 23.4 Å². The van der Waals surface area contributed by atoms with Gasteiger partial charge in [0.05, 0.1) is 18.1 Å². The van der Waals surface area contributed by atoms with Crippen LogP contribution in [0.3, 0.4) is 0 Å². The van der Waals surface area contributed by atoms with Crippen LogP contribution in [0.25, 0.3) is 0 Å². The Balaban J connectivity index is 1.54. The van der Waals surface area contributed by atoms with E-state index in [4.69, 9.17) is 16.0 Å². The van der Waals surface area contributed by atoms with Crippen LogP contribution >= 0.6 is 23.4 Å². The van der Waals surface area contributed by atoms with Gasteiger partial charge in [0.1, 0.15) is 5.76 Å². The first-order chi connectivity index (χ1) is 10.5. The fraction of sp³-hybridized carbons (Fsp3) is 0.333. The van der Waals surface area contributed by atoms with E-state index in [1.165, 1.54) is 11.8 Å². The molecule has 0 aliphatic carbocycles. The second-order valence-corrected chi connectivity index (χ2v) is 9.00. The van der Waals surface area contributed by atoms with E-state index in [0.29, 0.717) is 18.0 Å². The molecule has 1 N–H and O–H groups in total. The maximum absolute atomic E-state index is 11.4. The molecule has 0 saturated carbocycles. The topological polar surface area (TPSA) is 59.3 Å². The molecule has 118 valence electrons. The maximum Gasteiger partial charge on any atom is 0.165 e. The zero-order chi connectivity index (χ0) is 15.6. The van der Waals surface area contributed by atoms with Crippen molar-refractivity contribution in [3.8, 4) is 0 Å². The van der Waals surface area contributed by atoms with Crippen LogP contribution in [-0.4, -0.2) is 26.0 Å². The van der Waals surface area contributed by atoms with E-state index < -0.39 is 9.84 Å². The highest BCUT2D eigenvalue weighted by atomic mass is 35.5. The Bertz CT molecular complexity index is 740. The first-order valence-electron chi connectivity index (χ1n) is 6.96.